The average molecular weight is 1020 g/mol. The van der Waals surface area contributed by atoms with E-state index in [-0.39, 0.29) is 52.6 Å². The minimum atomic E-state index is -2.76. The maximum atomic E-state index is 11.0. The third-order valence-corrected chi connectivity index (χ3v) is 21.7. The van der Waals surface area contributed by atoms with Crippen molar-refractivity contribution in [1.29, 1.82) is 0 Å². The predicted molar refractivity (Wildman–Crippen MR) is 247 cm³/mol. The van der Waals surface area contributed by atoms with Crippen molar-refractivity contribution in [2.45, 2.75) is 80.4 Å². The van der Waals surface area contributed by atoms with Crippen molar-refractivity contribution in [1.82, 2.24) is 21.3 Å². The maximum absolute atomic E-state index is 11.0. The highest BCUT2D eigenvalue weighted by Gasteiger charge is 2.41. The molecule has 0 spiro atoms. The van der Waals surface area contributed by atoms with E-state index >= 15 is 0 Å². The van der Waals surface area contributed by atoms with Gasteiger partial charge in [0.2, 0.25) is 0 Å². The van der Waals surface area contributed by atoms with Gasteiger partial charge in [0.1, 0.15) is 0 Å². The molecule has 0 aliphatic carbocycles. The molecule has 0 aromatic rings. The highest BCUT2D eigenvalue weighted by atomic mass is 28.4. The van der Waals surface area contributed by atoms with Gasteiger partial charge in [0.25, 0.3) is 0 Å². The lowest BCUT2D eigenvalue weighted by atomic mass is 10.3. The molecule has 28 heteroatoms. The third kappa shape index (κ3) is 26.6. The normalized spacial score (nSPS) is 15.9. The largest absolute Gasteiger partial charge is 0.500 e. The molecule has 0 aromatic heterocycles. The zero-order chi connectivity index (χ0) is 49.1. The van der Waals surface area contributed by atoms with Gasteiger partial charge in [0, 0.05) is 136 Å². The molecule has 0 saturated heterocycles. The molecule has 0 saturated carbocycles. The Morgan fingerprint density at radius 2 is 0.492 bits per heavy atom. The van der Waals surface area contributed by atoms with Crippen LogP contribution in [-0.4, -0.2) is 250 Å². The van der Waals surface area contributed by atoms with Gasteiger partial charge in [-0.25, -0.2) is 0 Å². The fourth-order valence-corrected chi connectivity index (χ4v) is 13.2. The Balaban J connectivity index is 5.98. The van der Waals surface area contributed by atoms with E-state index < -0.39 is 65.8 Å². The lowest BCUT2D eigenvalue weighted by molar-refractivity contribution is -0.507. The van der Waals surface area contributed by atoms with E-state index in [4.69, 9.17) is 72.1 Å². The van der Waals surface area contributed by atoms with E-state index in [1.54, 1.807) is 85.3 Å². The second-order valence-electron chi connectivity index (χ2n) is 14.8. The topological polar surface area (TPSA) is 277 Å². The van der Waals surface area contributed by atoms with Gasteiger partial charge in [-0.3, -0.25) is 0 Å². The Hall–Kier alpha value is -0.0925. The maximum Gasteiger partial charge on any atom is 0.500 e. The van der Waals surface area contributed by atoms with Gasteiger partial charge >= 0.3 is 41.4 Å². The van der Waals surface area contributed by atoms with Crippen LogP contribution in [0.4, 0.5) is 0 Å². The van der Waals surface area contributed by atoms with Crippen LogP contribution < -0.4 is 21.3 Å². The zero-order valence-electron chi connectivity index (χ0n) is 41.3. The molecule has 0 bridgehead atoms. The summed E-state index contributed by atoms with van der Waals surface area (Å²) >= 11 is 0. The van der Waals surface area contributed by atoms with Crippen molar-refractivity contribution in [2.24, 2.45) is 0 Å². The molecule has 0 radical (unpaired) electrons. The van der Waals surface area contributed by atoms with Crippen LogP contribution in [0.2, 0.25) is 24.2 Å². The molecule has 4 atom stereocenters. The van der Waals surface area contributed by atoms with Gasteiger partial charge < -0.3 is 114 Å². The summed E-state index contributed by atoms with van der Waals surface area (Å²) < 4.78 is 90.0. The van der Waals surface area contributed by atoms with E-state index in [9.17, 15) is 20.4 Å². The van der Waals surface area contributed by atoms with Gasteiger partial charge in [-0.15, -0.1) is 0 Å². The molecule has 392 valence electrons. The summed E-state index contributed by atoms with van der Waals surface area (Å²) in [7, 11) is 7.54. The van der Waals surface area contributed by atoms with Crippen LogP contribution in [-0.2, 0) is 72.1 Å². The SMILES string of the molecule is CO[Si](CCCNCC(O)COC(OCC(O)CNCCC[Si](OC)(OC)OC)(OCC(O)CNCCC[Si](OC)(OC)OC)OCC(O)CNCCC[Si](OC)(OC)OC)(OC)OC. The number of ether oxygens (including phenoxy) is 4. The summed E-state index contributed by atoms with van der Waals surface area (Å²) in [4.78, 5) is 0. The summed E-state index contributed by atoms with van der Waals surface area (Å²) in [6, 6.07) is 2.23. The molecule has 8 N–H and O–H groups in total. The molecule has 0 heterocycles. The van der Waals surface area contributed by atoms with Crippen LogP contribution in [0.15, 0.2) is 0 Å². The summed E-state index contributed by atoms with van der Waals surface area (Å²) in [6.07, 6.45) is -4.15. The van der Waals surface area contributed by atoms with Crippen LogP contribution in [0.5, 0.6) is 0 Å². The fraction of sp³-hybridized carbons (Fsp3) is 1.00. The standard InChI is InChI=1S/C37H88N4O20Si4/c1-46-62(47-2,48-3)21-13-17-38-25-33(42)29-58-37(59-30-34(43)26-39-18-14-22-63(49-4,50-5)51-6,60-31-35(44)27-40-19-15-23-64(52-7,53-8)54-9)61-32-36(45)28-41-20-16-24-65(55-10,56-11)57-12/h33-36,38-45H,13-32H2,1-12H3. The van der Waals surface area contributed by atoms with Gasteiger partial charge in [0.15, 0.2) is 0 Å². The number of nitrogens with one attached hydrogen (secondary N) is 4. The molecule has 65 heavy (non-hydrogen) atoms. The lowest BCUT2D eigenvalue weighted by Gasteiger charge is -2.35. The molecule has 24 nitrogen and oxygen atoms in total. The molecule has 0 aliphatic heterocycles. The minimum Gasteiger partial charge on any atom is -0.389 e. The Labute approximate surface area is 392 Å². The van der Waals surface area contributed by atoms with Crippen molar-refractivity contribution in [3.05, 3.63) is 0 Å². The molecule has 0 fully saturated rings. The van der Waals surface area contributed by atoms with Gasteiger partial charge in [-0.1, -0.05) is 0 Å². The smallest absolute Gasteiger partial charge is 0.389 e. The Morgan fingerprint density at radius 1 is 0.323 bits per heavy atom. The number of hydrogen-bond donors (Lipinski definition) is 8. The zero-order valence-corrected chi connectivity index (χ0v) is 45.3. The summed E-state index contributed by atoms with van der Waals surface area (Å²) in [6.45, 7) is 1.03. The van der Waals surface area contributed by atoms with Crippen LogP contribution in [0.25, 0.3) is 0 Å². The molecule has 0 aliphatic rings. The van der Waals surface area contributed by atoms with Crippen molar-refractivity contribution in [2.75, 3.05) is 164 Å². The van der Waals surface area contributed by atoms with Gasteiger partial charge in [0.05, 0.1) is 50.8 Å². The number of aliphatic hydroxyl groups is 4. The first kappa shape index (κ1) is 64.9. The van der Waals surface area contributed by atoms with E-state index in [0.29, 0.717) is 76.0 Å². The first-order chi connectivity index (χ1) is 31.1. The van der Waals surface area contributed by atoms with Crippen LogP contribution in [0, 0.1) is 0 Å². The molecule has 4 unspecified atom stereocenters. The van der Waals surface area contributed by atoms with Crippen molar-refractivity contribution < 1.29 is 92.5 Å². The summed E-state index contributed by atoms with van der Waals surface area (Å²) in [5.41, 5.74) is 0. The Bertz CT molecular complexity index is 914. The first-order valence-corrected chi connectivity index (χ1v) is 29.6. The van der Waals surface area contributed by atoms with E-state index in [0.717, 1.165) is 0 Å². The molecular formula is C37H88N4O20Si4. The molecule has 0 aromatic carbocycles. The van der Waals surface area contributed by atoms with E-state index in [1.165, 1.54) is 0 Å². The van der Waals surface area contributed by atoms with Crippen molar-refractivity contribution >= 4 is 35.2 Å². The molecule has 0 rings (SSSR count). The Morgan fingerprint density at radius 3 is 0.646 bits per heavy atom. The first-order valence-electron chi connectivity index (χ1n) is 21.9. The fourth-order valence-electron chi connectivity index (χ4n) is 6.30. The van der Waals surface area contributed by atoms with Gasteiger partial charge in [-0.2, -0.15) is 0 Å². The van der Waals surface area contributed by atoms with E-state index in [1.807, 2.05) is 0 Å². The second-order valence-corrected chi connectivity index (χ2v) is 27.1. The van der Waals surface area contributed by atoms with Crippen LogP contribution in [0.3, 0.4) is 0 Å². The highest BCUT2D eigenvalue weighted by Crippen LogP contribution is 2.21. The average Bonchev–Trinajstić information content (AvgIpc) is 3.34. The summed E-state index contributed by atoms with van der Waals surface area (Å²) in [5.74, 6) is 0. The van der Waals surface area contributed by atoms with Crippen LogP contribution in [0.1, 0.15) is 25.7 Å². The molecular weight excluding hydrogens is 933 g/mol. The Kier molecular flexibility index (Phi) is 37.6. The monoisotopic (exact) mass is 1020 g/mol. The number of hydrogen-bond acceptors (Lipinski definition) is 24. The lowest BCUT2D eigenvalue weighted by Crippen LogP contribution is -2.50. The summed E-state index contributed by atoms with van der Waals surface area (Å²) in [5, 5.41) is 56.7. The van der Waals surface area contributed by atoms with Crippen molar-refractivity contribution in [3.8, 4) is 0 Å². The molecule has 0 amide bonds. The minimum absolute atomic E-state index is 0.112. The van der Waals surface area contributed by atoms with Gasteiger partial charge in [-0.05, 0) is 51.9 Å². The van der Waals surface area contributed by atoms with E-state index in [2.05, 4.69) is 21.3 Å². The van der Waals surface area contributed by atoms with Crippen LogP contribution >= 0.6 is 0 Å². The highest BCUT2D eigenvalue weighted by molar-refractivity contribution is 6.61. The predicted octanol–water partition coefficient (Wildman–Crippen LogP) is -1.46. The second kappa shape index (κ2) is 37.7. The number of aliphatic hydroxyl groups excluding tert-OH is 4. The number of rotatable bonds is 48. The quantitative estimate of drug-likeness (QED) is 0.0197. The van der Waals surface area contributed by atoms with Crippen molar-refractivity contribution in [3.63, 3.8) is 0 Å². The third-order valence-electron chi connectivity index (χ3n) is 10.4.